The van der Waals surface area contributed by atoms with E-state index in [9.17, 15) is 4.79 Å². The molecule has 0 radical (unpaired) electrons. The number of carbonyl (C=O) groups excluding carboxylic acids is 1. The molecule has 0 aromatic heterocycles. The van der Waals surface area contributed by atoms with Crippen molar-refractivity contribution >= 4 is 5.91 Å². The highest BCUT2D eigenvalue weighted by molar-refractivity contribution is 5.82. The number of amides is 1. The molecular weight excluding hydrogens is 248 g/mol. The molecule has 1 aliphatic heterocycles. The fourth-order valence-corrected chi connectivity index (χ4v) is 3.90. The second-order valence-electron chi connectivity index (χ2n) is 7.30. The first-order valence-electron chi connectivity index (χ1n) is 8.61. The fourth-order valence-electron chi connectivity index (χ4n) is 3.90. The molecule has 0 aromatic rings. The summed E-state index contributed by atoms with van der Waals surface area (Å²) in [5, 5.41) is 6.79. The Kier molecular flexibility index (Phi) is 5.88. The summed E-state index contributed by atoms with van der Waals surface area (Å²) >= 11 is 0. The minimum absolute atomic E-state index is 0.0440. The van der Waals surface area contributed by atoms with E-state index in [1.54, 1.807) is 0 Å². The van der Waals surface area contributed by atoms with Gasteiger partial charge in [-0.25, -0.2) is 0 Å². The lowest BCUT2D eigenvalue weighted by Gasteiger charge is -2.38. The van der Waals surface area contributed by atoms with Gasteiger partial charge < -0.3 is 10.6 Å². The van der Waals surface area contributed by atoms with Crippen molar-refractivity contribution in [2.75, 3.05) is 6.54 Å². The van der Waals surface area contributed by atoms with Gasteiger partial charge in [-0.2, -0.15) is 0 Å². The van der Waals surface area contributed by atoms with Crippen LogP contribution in [0, 0.1) is 17.8 Å². The largest absolute Gasteiger partial charge is 0.352 e. The van der Waals surface area contributed by atoms with Crippen LogP contribution < -0.4 is 10.6 Å². The Hall–Kier alpha value is -0.570. The second-order valence-corrected chi connectivity index (χ2v) is 7.30. The minimum Gasteiger partial charge on any atom is -0.352 e. The number of rotatable bonds is 3. The minimum atomic E-state index is 0.0440. The normalized spacial score (nSPS) is 35.6. The van der Waals surface area contributed by atoms with Crippen LogP contribution in [0.4, 0.5) is 0 Å². The van der Waals surface area contributed by atoms with Crippen LogP contribution in [0.2, 0.25) is 0 Å². The Morgan fingerprint density at radius 3 is 2.70 bits per heavy atom. The van der Waals surface area contributed by atoms with E-state index >= 15 is 0 Å². The highest BCUT2D eigenvalue weighted by Crippen LogP contribution is 2.33. The zero-order valence-electron chi connectivity index (χ0n) is 13.5. The SMILES string of the molecule is CC1CCC(C(C)C)C(NC(=O)C2CCCCCN2)C1. The molecule has 1 heterocycles. The summed E-state index contributed by atoms with van der Waals surface area (Å²) in [6.07, 6.45) is 8.38. The van der Waals surface area contributed by atoms with E-state index in [4.69, 9.17) is 0 Å². The molecule has 1 amide bonds. The van der Waals surface area contributed by atoms with Crippen LogP contribution in [0.3, 0.4) is 0 Å². The van der Waals surface area contributed by atoms with Crippen LogP contribution in [0.15, 0.2) is 0 Å². The summed E-state index contributed by atoms with van der Waals surface area (Å²) < 4.78 is 0. The zero-order chi connectivity index (χ0) is 14.5. The van der Waals surface area contributed by atoms with Gasteiger partial charge in [0.15, 0.2) is 0 Å². The van der Waals surface area contributed by atoms with Crippen molar-refractivity contribution in [3.8, 4) is 0 Å². The van der Waals surface area contributed by atoms with Crippen molar-refractivity contribution in [3.05, 3.63) is 0 Å². The van der Waals surface area contributed by atoms with Crippen molar-refractivity contribution in [2.24, 2.45) is 17.8 Å². The van der Waals surface area contributed by atoms with E-state index in [1.165, 1.54) is 32.1 Å². The molecule has 1 aliphatic carbocycles. The Morgan fingerprint density at radius 1 is 1.15 bits per heavy atom. The van der Waals surface area contributed by atoms with Crippen molar-refractivity contribution < 1.29 is 4.79 Å². The predicted molar refractivity (Wildman–Crippen MR) is 83.5 cm³/mol. The molecule has 2 N–H and O–H groups in total. The fraction of sp³-hybridized carbons (Fsp3) is 0.941. The van der Waals surface area contributed by atoms with Crippen LogP contribution in [0.1, 0.15) is 65.7 Å². The van der Waals surface area contributed by atoms with Gasteiger partial charge in [-0.3, -0.25) is 4.79 Å². The average Bonchev–Trinajstić information content (AvgIpc) is 2.67. The molecule has 2 fully saturated rings. The summed E-state index contributed by atoms with van der Waals surface area (Å²) in [5.41, 5.74) is 0. The summed E-state index contributed by atoms with van der Waals surface area (Å²) in [6.45, 7) is 7.90. The maximum absolute atomic E-state index is 12.5. The van der Waals surface area contributed by atoms with Gasteiger partial charge in [-0.15, -0.1) is 0 Å². The topological polar surface area (TPSA) is 41.1 Å². The first-order chi connectivity index (χ1) is 9.58. The predicted octanol–water partition coefficient (Wildman–Crippen LogP) is 3.10. The zero-order valence-corrected chi connectivity index (χ0v) is 13.5. The monoisotopic (exact) mass is 280 g/mol. The highest BCUT2D eigenvalue weighted by atomic mass is 16.2. The van der Waals surface area contributed by atoms with Crippen LogP contribution in [0.5, 0.6) is 0 Å². The Bertz CT molecular complexity index is 308. The molecule has 3 nitrogen and oxygen atoms in total. The Balaban J connectivity index is 1.92. The van der Waals surface area contributed by atoms with Crippen molar-refractivity contribution in [1.29, 1.82) is 0 Å². The second kappa shape index (κ2) is 7.44. The molecule has 4 unspecified atom stereocenters. The van der Waals surface area contributed by atoms with Gasteiger partial charge in [0.2, 0.25) is 5.91 Å². The summed E-state index contributed by atoms with van der Waals surface area (Å²) in [7, 11) is 0. The summed E-state index contributed by atoms with van der Waals surface area (Å²) in [6, 6.07) is 0.429. The van der Waals surface area contributed by atoms with E-state index < -0.39 is 0 Å². The van der Waals surface area contributed by atoms with Crippen LogP contribution >= 0.6 is 0 Å². The molecule has 0 spiro atoms. The Morgan fingerprint density at radius 2 is 1.95 bits per heavy atom. The maximum Gasteiger partial charge on any atom is 0.237 e. The Labute approximate surface area is 124 Å². The lowest BCUT2D eigenvalue weighted by atomic mass is 9.74. The summed E-state index contributed by atoms with van der Waals surface area (Å²) in [4.78, 5) is 12.5. The molecule has 4 atom stereocenters. The first-order valence-corrected chi connectivity index (χ1v) is 8.61. The van der Waals surface area contributed by atoms with E-state index in [-0.39, 0.29) is 11.9 Å². The molecule has 116 valence electrons. The molecule has 0 aromatic carbocycles. The van der Waals surface area contributed by atoms with Gasteiger partial charge in [0, 0.05) is 6.04 Å². The van der Waals surface area contributed by atoms with Crippen LogP contribution in [0.25, 0.3) is 0 Å². The third-order valence-electron chi connectivity index (χ3n) is 5.23. The smallest absolute Gasteiger partial charge is 0.237 e. The van der Waals surface area contributed by atoms with Crippen LogP contribution in [-0.4, -0.2) is 24.5 Å². The third kappa shape index (κ3) is 4.21. The quantitative estimate of drug-likeness (QED) is 0.834. The van der Waals surface area contributed by atoms with Crippen molar-refractivity contribution in [1.82, 2.24) is 10.6 Å². The van der Waals surface area contributed by atoms with Gasteiger partial charge in [0.25, 0.3) is 0 Å². The summed E-state index contributed by atoms with van der Waals surface area (Å²) in [5.74, 6) is 2.31. The van der Waals surface area contributed by atoms with Gasteiger partial charge in [-0.1, -0.05) is 40.0 Å². The third-order valence-corrected chi connectivity index (χ3v) is 5.23. The van der Waals surface area contributed by atoms with Crippen molar-refractivity contribution in [2.45, 2.75) is 77.8 Å². The van der Waals surface area contributed by atoms with E-state index in [1.807, 2.05) is 0 Å². The van der Waals surface area contributed by atoms with Gasteiger partial charge >= 0.3 is 0 Å². The number of hydrogen-bond donors (Lipinski definition) is 2. The van der Waals surface area contributed by atoms with E-state index in [0.717, 1.165) is 25.3 Å². The van der Waals surface area contributed by atoms with Gasteiger partial charge in [0.05, 0.1) is 6.04 Å². The molecule has 3 heteroatoms. The van der Waals surface area contributed by atoms with Gasteiger partial charge in [0.1, 0.15) is 0 Å². The lowest BCUT2D eigenvalue weighted by Crippen LogP contribution is -2.52. The highest BCUT2D eigenvalue weighted by Gasteiger charge is 2.33. The van der Waals surface area contributed by atoms with Crippen molar-refractivity contribution in [3.63, 3.8) is 0 Å². The number of hydrogen-bond acceptors (Lipinski definition) is 2. The van der Waals surface area contributed by atoms with Gasteiger partial charge in [-0.05, 0) is 50.0 Å². The average molecular weight is 280 g/mol. The maximum atomic E-state index is 12.5. The first kappa shape index (κ1) is 15.8. The molecule has 20 heavy (non-hydrogen) atoms. The molecule has 1 saturated heterocycles. The number of nitrogens with one attached hydrogen (secondary N) is 2. The van der Waals surface area contributed by atoms with Crippen LogP contribution in [-0.2, 0) is 4.79 Å². The van der Waals surface area contributed by atoms with E-state index in [2.05, 4.69) is 31.4 Å². The molecule has 2 aliphatic rings. The molecule has 1 saturated carbocycles. The molecule has 0 bridgehead atoms. The molecule has 2 rings (SSSR count). The molecular formula is C17H32N2O. The van der Waals surface area contributed by atoms with E-state index in [0.29, 0.717) is 17.9 Å². The lowest BCUT2D eigenvalue weighted by molar-refractivity contribution is -0.124. The standard InChI is InChI=1S/C17H32N2O/c1-12(2)14-9-8-13(3)11-16(14)19-17(20)15-7-5-4-6-10-18-15/h12-16,18H,4-11H2,1-3H3,(H,19,20). The number of carbonyl (C=O) groups is 1.